The van der Waals surface area contributed by atoms with Crippen molar-refractivity contribution >= 4 is 0 Å². The Hall–Kier alpha value is -0.900. The summed E-state index contributed by atoms with van der Waals surface area (Å²) in [5.74, 6) is 1.07. The SMILES string of the molecule is CCCn1cnnc1CCCOC. The molecule has 4 nitrogen and oxygen atoms in total. The van der Waals surface area contributed by atoms with Crippen LogP contribution in [0.25, 0.3) is 0 Å². The Balaban J connectivity index is 2.40. The number of hydrogen-bond acceptors (Lipinski definition) is 3. The van der Waals surface area contributed by atoms with E-state index >= 15 is 0 Å². The van der Waals surface area contributed by atoms with Gasteiger partial charge in [-0.1, -0.05) is 6.92 Å². The van der Waals surface area contributed by atoms with Gasteiger partial charge in [-0.3, -0.25) is 0 Å². The second-order valence-corrected chi connectivity index (χ2v) is 3.04. The molecule has 0 atom stereocenters. The summed E-state index contributed by atoms with van der Waals surface area (Å²) >= 11 is 0. The van der Waals surface area contributed by atoms with E-state index in [4.69, 9.17) is 4.74 Å². The molecule has 0 bridgehead atoms. The van der Waals surface area contributed by atoms with Crippen molar-refractivity contribution in [3.05, 3.63) is 12.2 Å². The number of aromatic nitrogens is 3. The summed E-state index contributed by atoms with van der Waals surface area (Å²) in [4.78, 5) is 0. The van der Waals surface area contributed by atoms with E-state index in [9.17, 15) is 0 Å². The van der Waals surface area contributed by atoms with Crippen LogP contribution in [-0.2, 0) is 17.7 Å². The van der Waals surface area contributed by atoms with Gasteiger partial charge in [0.15, 0.2) is 0 Å². The maximum absolute atomic E-state index is 4.98. The average Bonchev–Trinajstić information content (AvgIpc) is 2.54. The van der Waals surface area contributed by atoms with E-state index < -0.39 is 0 Å². The van der Waals surface area contributed by atoms with Crippen molar-refractivity contribution in [3.8, 4) is 0 Å². The lowest BCUT2D eigenvalue weighted by Crippen LogP contribution is -2.04. The predicted molar refractivity (Wildman–Crippen MR) is 50.5 cm³/mol. The second kappa shape index (κ2) is 5.70. The van der Waals surface area contributed by atoms with Gasteiger partial charge < -0.3 is 9.30 Å². The third-order valence-corrected chi connectivity index (χ3v) is 1.91. The molecular formula is C9H17N3O. The molecule has 0 aliphatic rings. The van der Waals surface area contributed by atoms with Crippen molar-refractivity contribution < 1.29 is 4.74 Å². The summed E-state index contributed by atoms with van der Waals surface area (Å²) in [6.45, 7) is 3.95. The molecule has 0 radical (unpaired) electrons. The van der Waals surface area contributed by atoms with Crippen molar-refractivity contribution in [2.24, 2.45) is 0 Å². The van der Waals surface area contributed by atoms with Crippen molar-refractivity contribution in [3.63, 3.8) is 0 Å². The molecule has 1 aromatic heterocycles. The fraction of sp³-hybridized carbons (Fsp3) is 0.778. The molecule has 13 heavy (non-hydrogen) atoms. The van der Waals surface area contributed by atoms with Crippen LogP contribution in [0.3, 0.4) is 0 Å². The first-order valence-corrected chi connectivity index (χ1v) is 4.74. The van der Waals surface area contributed by atoms with Crippen LogP contribution in [0.4, 0.5) is 0 Å². The minimum absolute atomic E-state index is 0.791. The van der Waals surface area contributed by atoms with E-state index in [2.05, 4.69) is 21.7 Å². The van der Waals surface area contributed by atoms with Crippen molar-refractivity contribution in [2.45, 2.75) is 32.7 Å². The Bertz CT molecular complexity index is 235. The maximum atomic E-state index is 4.98. The van der Waals surface area contributed by atoms with Gasteiger partial charge in [0, 0.05) is 26.7 Å². The normalized spacial score (nSPS) is 10.6. The number of rotatable bonds is 6. The van der Waals surface area contributed by atoms with E-state index in [1.165, 1.54) is 0 Å². The smallest absolute Gasteiger partial charge is 0.132 e. The number of ether oxygens (including phenoxy) is 1. The van der Waals surface area contributed by atoms with Gasteiger partial charge in [0.2, 0.25) is 0 Å². The molecule has 0 unspecified atom stereocenters. The summed E-state index contributed by atoms with van der Waals surface area (Å²) in [7, 11) is 1.72. The zero-order valence-electron chi connectivity index (χ0n) is 8.36. The molecule has 0 saturated carbocycles. The highest BCUT2D eigenvalue weighted by Gasteiger charge is 2.01. The molecule has 1 rings (SSSR count). The van der Waals surface area contributed by atoms with E-state index in [1.807, 2.05) is 0 Å². The second-order valence-electron chi connectivity index (χ2n) is 3.04. The Morgan fingerprint density at radius 1 is 1.54 bits per heavy atom. The molecule has 0 aromatic carbocycles. The average molecular weight is 183 g/mol. The van der Waals surface area contributed by atoms with Crippen molar-refractivity contribution in [1.82, 2.24) is 14.8 Å². The molecule has 0 fully saturated rings. The minimum atomic E-state index is 0.791. The first-order valence-electron chi connectivity index (χ1n) is 4.74. The molecule has 0 saturated heterocycles. The molecule has 0 amide bonds. The Kier molecular flexibility index (Phi) is 4.46. The number of methoxy groups -OCH3 is 1. The third kappa shape index (κ3) is 3.14. The molecule has 0 spiro atoms. The van der Waals surface area contributed by atoms with Crippen LogP contribution in [0, 0.1) is 0 Å². The van der Waals surface area contributed by atoms with Gasteiger partial charge in [-0.05, 0) is 12.8 Å². The predicted octanol–water partition coefficient (Wildman–Crippen LogP) is 1.27. The molecule has 1 heterocycles. The van der Waals surface area contributed by atoms with Gasteiger partial charge in [0.25, 0.3) is 0 Å². The molecular weight excluding hydrogens is 166 g/mol. The van der Waals surface area contributed by atoms with Gasteiger partial charge in [0.05, 0.1) is 0 Å². The molecule has 0 aliphatic heterocycles. The van der Waals surface area contributed by atoms with Gasteiger partial charge in [0.1, 0.15) is 12.2 Å². The number of aryl methyl sites for hydroxylation is 2. The minimum Gasteiger partial charge on any atom is -0.385 e. The van der Waals surface area contributed by atoms with E-state index in [-0.39, 0.29) is 0 Å². The standard InChI is InChI=1S/C9H17N3O/c1-3-6-12-8-10-11-9(12)5-4-7-13-2/h8H,3-7H2,1-2H3. The van der Waals surface area contributed by atoms with Crippen LogP contribution >= 0.6 is 0 Å². The van der Waals surface area contributed by atoms with Crippen molar-refractivity contribution in [2.75, 3.05) is 13.7 Å². The highest BCUT2D eigenvalue weighted by molar-refractivity contribution is 4.85. The number of nitrogens with zero attached hydrogens (tertiary/aromatic N) is 3. The summed E-state index contributed by atoms with van der Waals surface area (Å²) < 4.78 is 7.09. The van der Waals surface area contributed by atoms with Crippen LogP contribution in [0.15, 0.2) is 6.33 Å². The summed E-state index contributed by atoms with van der Waals surface area (Å²) in [5, 5.41) is 7.96. The van der Waals surface area contributed by atoms with Crippen LogP contribution in [0.1, 0.15) is 25.6 Å². The quantitative estimate of drug-likeness (QED) is 0.623. The van der Waals surface area contributed by atoms with Crippen LogP contribution in [0.2, 0.25) is 0 Å². The monoisotopic (exact) mass is 183 g/mol. The Morgan fingerprint density at radius 2 is 2.38 bits per heavy atom. The largest absolute Gasteiger partial charge is 0.385 e. The van der Waals surface area contributed by atoms with Gasteiger partial charge in [-0.2, -0.15) is 0 Å². The Morgan fingerprint density at radius 3 is 3.08 bits per heavy atom. The molecule has 74 valence electrons. The topological polar surface area (TPSA) is 39.9 Å². The first-order chi connectivity index (χ1) is 6.38. The highest BCUT2D eigenvalue weighted by Crippen LogP contribution is 2.00. The Labute approximate surface area is 78.9 Å². The lowest BCUT2D eigenvalue weighted by atomic mass is 10.3. The highest BCUT2D eigenvalue weighted by atomic mass is 16.5. The molecule has 0 aliphatic carbocycles. The molecule has 1 aromatic rings. The zero-order chi connectivity index (χ0) is 9.52. The van der Waals surface area contributed by atoms with Crippen molar-refractivity contribution in [1.29, 1.82) is 0 Å². The van der Waals surface area contributed by atoms with Gasteiger partial charge in [-0.25, -0.2) is 0 Å². The lowest BCUT2D eigenvalue weighted by molar-refractivity contribution is 0.194. The zero-order valence-corrected chi connectivity index (χ0v) is 8.36. The lowest BCUT2D eigenvalue weighted by Gasteiger charge is -2.03. The first kappa shape index (κ1) is 10.2. The van der Waals surface area contributed by atoms with E-state index in [0.29, 0.717) is 0 Å². The maximum Gasteiger partial charge on any atom is 0.132 e. The van der Waals surface area contributed by atoms with Crippen LogP contribution in [0.5, 0.6) is 0 Å². The summed E-state index contributed by atoms with van der Waals surface area (Å²) in [6, 6.07) is 0. The van der Waals surface area contributed by atoms with Gasteiger partial charge >= 0.3 is 0 Å². The fourth-order valence-electron chi connectivity index (χ4n) is 1.27. The van der Waals surface area contributed by atoms with E-state index in [0.717, 1.165) is 38.2 Å². The van der Waals surface area contributed by atoms with Crippen LogP contribution < -0.4 is 0 Å². The summed E-state index contributed by atoms with van der Waals surface area (Å²) in [6.07, 6.45) is 4.88. The number of hydrogen-bond donors (Lipinski definition) is 0. The molecule has 0 N–H and O–H groups in total. The van der Waals surface area contributed by atoms with Gasteiger partial charge in [-0.15, -0.1) is 10.2 Å². The van der Waals surface area contributed by atoms with E-state index in [1.54, 1.807) is 13.4 Å². The molecule has 4 heteroatoms. The fourth-order valence-corrected chi connectivity index (χ4v) is 1.27. The summed E-state index contributed by atoms with van der Waals surface area (Å²) in [5.41, 5.74) is 0. The van der Waals surface area contributed by atoms with Crippen LogP contribution in [-0.4, -0.2) is 28.5 Å². The third-order valence-electron chi connectivity index (χ3n) is 1.91.